The Morgan fingerprint density at radius 2 is 2.00 bits per heavy atom. The summed E-state index contributed by atoms with van der Waals surface area (Å²) in [6, 6.07) is 12.6. The Balaban J connectivity index is 2.54. The van der Waals surface area contributed by atoms with E-state index in [4.69, 9.17) is 5.73 Å². The molecule has 4 nitrogen and oxygen atoms in total. The fourth-order valence-corrected chi connectivity index (χ4v) is 1.90. The zero-order valence-electron chi connectivity index (χ0n) is 10.1. The molecule has 0 amide bonds. The SMILES string of the molecule is Cc1ccc([N+](=O)[O-])cc1-c1cccc(CN)c1. The standard InChI is InChI=1S/C14H14N2O2/c1-10-5-6-13(16(17)18)8-14(10)12-4-2-3-11(7-12)9-15/h2-8H,9,15H2,1H3. The van der Waals surface area contributed by atoms with E-state index in [1.165, 1.54) is 6.07 Å². The van der Waals surface area contributed by atoms with Crippen LogP contribution in [0.4, 0.5) is 5.69 Å². The summed E-state index contributed by atoms with van der Waals surface area (Å²) in [6.45, 7) is 2.40. The summed E-state index contributed by atoms with van der Waals surface area (Å²) in [7, 11) is 0. The normalized spacial score (nSPS) is 10.3. The van der Waals surface area contributed by atoms with Crippen LogP contribution in [0.5, 0.6) is 0 Å². The van der Waals surface area contributed by atoms with E-state index >= 15 is 0 Å². The number of benzene rings is 2. The molecule has 0 spiro atoms. The van der Waals surface area contributed by atoms with Crippen molar-refractivity contribution in [2.75, 3.05) is 0 Å². The lowest BCUT2D eigenvalue weighted by molar-refractivity contribution is -0.384. The van der Waals surface area contributed by atoms with E-state index < -0.39 is 0 Å². The Morgan fingerprint density at radius 3 is 2.67 bits per heavy atom. The molecule has 0 unspecified atom stereocenters. The van der Waals surface area contributed by atoms with Crippen LogP contribution >= 0.6 is 0 Å². The molecule has 0 saturated carbocycles. The van der Waals surface area contributed by atoms with Crippen LogP contribution < -0.4 is 5.73 Å². The summed E-state index contributed by atoms with van der Waals surface area (Å²) in [4.78, 5) is 10.4. The van der Waals surface area contributed by atoms with Crippen molar-refractivity contribution in [3.8, 4) is 11.1 Å². The summed E-state index contributed by atoms with van der Waals surface area (Å²) in [6.07, 6.45) is 0. The molecule has 92 valence electrons. The van der Waals surface area contributed by atoms with Gasteiger partial charge in [0.2, 0.25) is 0 Å². The molecule has 0 fully saturated rings. The predicted molar refractivity (Wildman–Crippen MR) is 71.2 cm³/mol. The van der Waals surface area contributed by atoms with Gasteiger partial charge in [-0.3, -0.25) is 10.1 Å². The van der Waals surface area contributed by atoms with Crippen molar-refractivity contribution in [2.45, 2.75) is 13.5 Å². The molecular weight excluding hydrogens is 228 g/mol. The zero-order chi connectivity index (χ0) is 13.1. The summed E-state index contributed by atoms with van der Waals surface area (Å²) in [5.74, 6) is 0. The number of hydrogen-bond donors (Lipinski definition) is 1. The molecule has 4 heteroatoms. The molecule has 0 aliphatic heterocycles. The number of hydrogen-bond acceptors (Lipinski definition) is 3. The van der Waals surface area contributed by atoms with E-state index in [0.717, 1.165) is 22.3 Å². The van der Waals surface area contributed by atoms with Gasteiger partial charge < -0.3 is 5.73 Å². The van der Waals surface area contributed by atoms with Gasteiger partial charge in [0.25, 0.3) is 5.69 Å². The fraction of sp³-hybridized carbons (Fsp3) is 0.143. The smallest absolute Gasteiger partial charge is 0.270 e. The van der Waals surface area contributed by atoms with Gasteiger partial charge >= 0.3 is 0 Å². The third-order valence-electron chi connectivity index (χ3n) is 2.91. The van der Waals surface area contributed by atoms with Crippen molar-refractivity contribution in [3.63, 3.8) is 0 Å². The van der Waals surface area contributed by atoms with Crippen LogP contribution in [0.15, 0.2) is 42.5 Å². The van der Waals surface area contributed by atoms with Crippen molar-refractivity contribution < 1.29 is 4.92 Å². The molecule has 0 atom stereocenters. The van der Waals surface area contributed by atoms with Gasteiger partial charge in [-0.1, -0.05) is 24.3 Å². The molecule has 2 rings (SSSR count). The number of aryl methyl sites for hydroxylation is 1. The van der Waals surface area contributed by atoms with Crippen molar-refractivity contribution >= 4 is 5.69 Å². The molecule has 0 bridgehead atoms. The number of nitro groups is 1. The van der Waals surface area contributed by atoms with E-state index in [0.29, 0.717) is 6.54 Å². The molecule has 2 aromatic rings. The van der Waals surface area contributed by atoms with Crippen molar-refractivity contribution in [3.05, 3.63) is 63.7 Å². The van der Waals surface area contributed by atoms with E-state index in [-0.39, 0.29) is 10.6 Å². The Hall–Kier alpha value is -2.20. The number of rotatable bonds is 3. The Labute approximate surface area is 105 Å². The van der Waals surface area contributed by atoms with Gasteiger partial charge in [0.15, 0.2) is 0 Å². The second-order valence-electron chi connectivity index (χ2n) is 4.16. The number of nitrogens with zero attached hydrogens (tertiary/aromatic N) is 1. The highest BCUT2D eigenvalue weighted by atomic mass is 16.6. The first-order chi connectivity index (χ1) is 8.61. The van der Waals surface area contributed by atoms with Gasteiger partial charge in [0, 0.05) is 18.7 Å². The molecule has 18 heavy (non-hydrogen) atoms. The lowest BCUT2D eigenvalue weighted by atomic mass is 9.98. The third-order valence-corrected chi connectivity index (χ3v) is 2.91. The lowest BCUT2D eigenvalue weighted by Gasteiger charge is -2.07. The average molecular weight is 242 g/mol. The minimum absolute atomic E-state index is 0.105. The predicted octanol–water partition coefficient (Wildman–Crippen LogP) is 3.03. The molecule has 2 aromatic carbocycles. The minimum Gasteiger partial charge on any atom is -0.326 e. The van der Waals surface area contributed by atoms with E-state index in [1.54, 1.807) is 12.1 Å². The van der Waals surface area contributed by atoms with Gasteiger partial charge in [-0.15, -0.1) is 0 Å². The second kappa shape index (κ2) is 4.98. The van der Waals surface area contributed by atoms with Gasteiger partial charge in [0.1, 0.15) is 0 Å². The molecule has 0 aromatic heterocycles. The highest BCUT2D eigenvalue weighted by Crippen LogP contribution is 2.28. The van der Waals surface area contributed by atoms with Crippen LogP contribution in [-0.4, -0.2) is 4.92 Å². The molecule has 0 aliphatic rings. The van der Waals surface area contributed by atoms with Crippen LogP contribution in [0.3, 0.4) is 0 Å². The van der Waals surface area contributed by atoms with Crippen LogP contribution in [-0.2, 0) is 6.54 Å². The fourth-order valence-electron chi connectivity index (χ4n) is 1.90. The Morgan fingerprint density at radius 1 is 1.22 bits per heavy atom. The average Bonchev–Trinajstić information content (AvgIpc) is 2.39. The van der Waals surface area contributed by atoms with Crippen LogP contribution in [0.2, 0.25) is 0 Å². The first kappa shape index (κ1) is 12.3. The molecule has 0 heterocycles. The van der Waals surface area contributed by atoms with Gasteiger partial charge in [0.05, 0.1) is 4.92 Å². The van der Waals surface area contributed by atoms with Crippen LogP contribution in [0, 0.1) is 17.0 Å². The molecule has 0 radical (unpaired) electrons. The summed E-state index contributed by atoms with van der Waals surface area (Å²) in [5, 5.41) is 10.8. The highest BCUT2D eigenvalue weighted by Gasteiger charge is 2.10. The molecule has 0 aliphatic carbocycles. The summed E-state index contributed by atoms with van der Waals surface area (Å²) in [5.41, 5.74) is 9.56. The molecule has 0 saturated heterocycles. The number of non-ortho nitro benzene ring substituents is 1. The van der Waals surface area contributed by atoms with Crippen LogP contribution in [0.25, 0.3) is 11.1 Å². The van der Waals surface area contributed by atoms with Crippen molar-refractivity contribution in [2.24, 2.45) is 5.73 Å². The quantitative estimate of drug-likeness (QED) is 0.664. The van der Waals surface area contributed by atoms with Crippen molar-refractivity contribution in [1.29, 1.82) is 0 Å². The van der Waals surface area contributed by atoms with E-state index in [9.17, 15) is 10.1 Å². The maximum Gasteiger partial charge on any atom is 0.270 e. The number of nitro benzene ring substituents is 1. The highest BCUT2D eigenvalue weighted by molar-refractivity contribution is 5.70. The Kier molecular flexibility index (Phi) is 3.39. The minimum atomic E-state index is -0.379. The largest absolute Gasteiger partial charge is 0.326 e. The van der Waals surface area contributed by atoms with E-state index in [2.05, 4.69) is 0 Å². The summed E-state index contributed by atoms with van der Waals surface area (Å²) >= 11 is 0. The third kappa shape index (κ3) is 2.38. The zero-order valence-corrected chi connectivity index (χ0v) is 10.1. The van der Waals surface area contributed by atoms with Gasteiger partial charge in [-0.05, 0) is 35.2 Å². The molecule has 2 N–H and O–H groups in total. The Bertz CT molecular complexity index is 594. The summed E-state index contributed by atoms with van der Waals surface area (Å²) < 4.78 is 0. The van der Waals surface area contributed by atoms with Gasteiger partial charge in [-0.25, -0.2) is 0 Å². The second-order valence-corrected chi connectivity index (χ2v) is 4.16. The monoisotopic (exact) mass is 242 g/mol. The topological polar surface area (TPSA) is 69.2 Å². The van der Waals surface area contributed by atoms with Gasteiger partial charge in [-0.2, -0.15) is 0 Å². The lowest BCUT2D eigenvalue weighted by Crippen LogP contribution is -1.96. The first-order valence-electron chi connectivity index (χ1n) is 5.66. The molecular formula is C14H14N2O2. The maximum atomic E-state index is 10.8. The van der Waals surface area contributed by atoms with Crippen molar-refractivity contribution in [1.82, 2.24) is 0 Å². The first-order valence-corrected chi connectivity index (χ1v) is 5.66. The maximum absolute atomic E-state index is 10.8. The number of nitrogens with two attached hydrogens (primary N) is 1. The van der Waals surface area contributed by atoms with E-state index in [1.807, 2.05) is 31.2 Å². The van der Waals surface area contributed by atoms with Crippen LogP contribution in [0.1, 0.15) is 11.1 Å².